The molecule has 2 rings (SSSR count). The fraction of sp³-hybridized carbons (Fsp3) is 0.316. The van der Waals surface area contributed by atoms with Gasteiger partial charge in [-0.15, -0.1) is 0 Å². The number of carbonyl (C=O) groups excluding carboxylic acids is 1. The van der Waals surface area contributed by atoms with Crippen LogP contribution in [0.5, 0.6) is 0 Å². The molecule has 0 spiro atoms. The van der Waals surface area contributed by atoms with Gasteiger partial charge in [0, 0.05) is 19.1 Å². The highest BCUT2D eigenvalue weighted by atomic mass is 35.5. The lowest BCUT2D eigenvalue weighted by atomic mass is 9.94. The van der Waals surface area contributed by atoms with Crippen LogP contribution in [0, 0.1) is 11.7 Å². The molecule has 0 aliphatic heterocycles. The van der Waals surface area contributed by atoms with E-state index in [9.17, 15) is 9.18 Å². The summed E-state index contributed by atoms with van der Waals surface area (Å²) in [6, 6.07) is 10.1. The first-order valence-electron chi connectivity index (χ1n) is 7.53. The lowest BCUT2D eigenvalue weighted by Gasteiger charge is -2.12. The fourth-order valence-electron chi connectivity index (χ4n) is 2.48. The molecule has 2 nitrogen and oxygen atoms in total. The molecule has 0 saturated heterocycles. The third kappa shape index (κ3) is 4.40. The van der Waals surface area contributed by atoms with Crippen LogP contribution < -0.4 is 0 Å². The molecule has 0 heterocycles. The summed E-state index contributed by atoms with van der Waals surface area (Å²) in [5.41, 5.74) is 3.23. The minimum absolute atomic E-state index is 0.0748. The maximum Gasteiger partial charge on any atom is 0.163 e. The molecule has 0 N–H and O–H groups in total. The Balaban J connectivity index is 2.43. The molecule has 0 radical (unpaired) electrons. The highest BCUT2D eigenvalue weighted by molar-refractivity contribution is 6.31. The first-order chi connectivity index (χ1) is 10.9. The second-order valence-corrected chi connectivity index (χ2v) is 6.36. The number of hydrogen-bond acceptors (Lipinski definition) is 2. The topological polar surface area (TPSA) is 26.3 Å². The second-order valence-electron chi connectivity index (χ2n) is 5.95. The van der Waals surface area contributed by atoms with Crippen molar-refractivity contribution >= 4 is 17.4 Å². The van der Waals surface area contributed by atoms with Gasteiger partial charge in [0.25, 0.3) is 0 Å². The number of ether oxygens (including phenoxy) is 1. The van der Waals surface area contributed by atoms with Crippen LogP contribution in [0.2, 0.25) is 5.02 Å². The van der Waals surface area contributed by atoms with Crippen molar-refractivity contribution in [2.75, 3.05) is 7.11 Å². The first kappa shape index (κ1) is 17.6. The summed E-state index contributed by atoms with van der Waals surface area (Å²) in [5.74, 6) is -0.0302. The van der Waals surface area contributed by atoms with E-state index in [0.29, 0.717) is 24.5 Å². The van der Waals surface area contributed by atoms with E-state index in [0.717, 1.165) is 16.7 Å². The van der Waals surface area contributed by atoms with Crippen LogP contribution in [0.4, 0.5) is 4.39 Å². The van der Waals surface area contributed by atoms with E-state index in [1.54, 1.807) is 25.3 Å². The molecule has 0 bridgehead atoms. The van der Waals surface area contributed by atoms with Crippen LogP contribution in [0.3, 0.4) is 0 Å². The largest absolute Gasteiger partial charge is 0.380 e. The van der Waals surface area contributed by atoms with Gasteiger partial charge < -0.3 is 4.74 Å². The normalized spacial score (nSPS) is 11.0. The molecule has 0 amide bonds. The van der Waals surface area contributed by atoms with Crippen molar-refractivity contribution in [3.05, 3.63) is 58.4 Å². The fourth-order valence-corrected chi connectivity index (χ4v) is 2.66. The predicted octanol–water partition coefficient (Wildman–Crippen LogP) is 5.52. The van der Waals surface area contributed by atoms with Crippen LogP contribution in [0.15, 0.2) is 36.4 Å². The molecule has 0 fully saturated rings. The molecule has 122 valence electrons. The molecule has 4 heteroatoms. The Bertz CT molecular complexity index is 711. The number of Topliss-reactive ketones (excluding diaryl/α,β-unsaturated/α-hetero) is 1. The van der Waals surface area contributed by atoms with Crippen LogP contribution in [-0.4, -0.2) is 12.9 Å². The standard InChI is InChI=1S/C19H20ClFO2/c1-12(2)8-19(22)14-4-6-16(15(9-14)11-23-3)13-5-7-18(21)17(20)10-13/h4-7,9-10,12H,8,11H2,1-3H3. The van der Waals surface area contributed by atoms with Crippen LogP contribution in [0.25, 0.3) is 11.1 Å². The van der Waals surface area contributed by atoms with Gasteiger partial charge in [0.2, 0.25) is 0 Å². The molecule has 2 aromatic carbocycles. The van der Waals surface area contributed by atoms with E-state index >= 15 is 0 Å². The number of methoxy groups -OCH3 is 1. The van der Waals surface area contributed by atoms with Gasteiger partial charge in [-0.2, -0.15) is 0 Å². The van der Waals surface area contributed by atoms with Gasteiger partial charge >= 0.3 is 0 Å². The predicted molar refractivity (Wildman–Crippen MR) is 91.3 cm³/mol. The van der Waals surface area contributed by atoms with Crippen molar-refractivity contribution in [1.82, 2.24) is 0 Å². The third-order valence-corrected chi connectivity index (χ3v) is 3.84. The average Bonchev–Trinajstić information content (AvgIpc) is 2.50. The van der Waals surface area contributed by atoms with Crippen LogP contribution in [-0.2, 0) is 11.3 Å². The van der Waals surface area contributed by atoms with E-state index < -0.39 is 5.82 Å². The lowest BCUT2D eigenvalue weighted by molar-refractivity contribution is 0.0967. The van der Waals surface area contributed by atoms with Crippen LogP contribution in [0.1, 0.15) is 36.2 Å². The Morgan fingerprint density at radius 2 is 1.96 bits per heavy atom. The summed E-state index contributed by atoms with van der Waals surface area (Å²) in [4.78, 5) is 12.2. The summed E-state index contributed by atoms with van der Waals surface area (Å²) >= 11 is 5.87. The zero-order valence-corrected chi connectivity index (χ0v) is 14.3. The number of rotatable bonds is 6. The number of carbonyl (C=O) groups is 1. The molecule has 23 heavy (non-hydrogen) atoms. The quantitative estimate of drug-likeness (QED) is 0.650. The molecule has 2 aromatic rings. The van der Waals surface area contributed by atoms with Gasteiger partial charge in [0.15, 0.2) is 5.78 Å². The molecule has 0 aromatic heterocycles. The van der Waals surface area contributed by atoms with Gasteiger partial charge in [-0.25, -0.2) is 4.39 Å². The van der Waals surface area contributed by atoms with Gasteiger partial charge in [0.05, 0.1) is 11.6 Å². The molecular formula is C19H20ClFO2. The van der Waals surface area contributed by atoms with E-state index in [1.807, 2.05) is 26.0 Å². The highest BCUT2D eigenvalue weighted by Crippen LogP contribution is 2.29. The van der Waals surface area contributed by atoms with Crippen molar-refractivity contribution < 1.29 is 13.9 Å². The molecule has 0 aliphatic carbocycles. The van der Waals surface area contributed by atoms with E-state index in [4.69, 9.17) is 16.3 Å². The van der Waals surface area contributed by atoms with Gasteiger partial charge in [0.1, 0.15) is 5.82 Å². The Morgan fingerprint density at radius 3 is 2.57 bits per heavy atom. The van der Waals surface area contributed by atoms with E-state index in [2.05, 4.69) is 0 Å². The van der Waals surface area contributed by atoms with Crippen molar-refractivity contribution in [3.63, 3.8) is 0 Å². The smallest absolute Gasteiger partial charge is 0.163 e. The molecule has 0 aliphatic rings. The van der Waals surface area contributed by atoms with E-state index in [1.165, 1.54) is 6.07 Å². The Hall–Kier alpha value is -1.71. The van der Waals surface area contributed by atoms with Crippen molar-refractivity contribution in [2.24, 2.45) is 5.92 Å². The van der Waals surface area contributed by atoms with Crippen molar-refractivity contribution in [3.8, 4) is 11.1 Å². The summed E-state index contributed by atoms with van der Waals surface area (Å²) in [6.45, 7) is 4.40. The molecule has 0 saturated carbocycles. The summed E-state index contributed by atoms with van der Waals surface area (Å²) in [7, 11) is 1.60. The molecule has 0 unspecified atom stereocenters. The van der Waals surface area contributed by atoms with E-state index in [-0.39, 0.29) is 10.8 Å². The number of halogens is 2. The Kier molecular flexibility index (Phi) is 5.91. The van der Waals surface area contributed by atoms with Crippen molar-refractivity contribution in [1.29, 1.82) is 0 Å². The monoisotopic (exact) mass is 334 g/mol. The number of benzene rings is 2. The Labute approximate surface area is 141 Å². The Morgan fingerprint density at radius 1 is 1.22 bits per heavy atom. The highest BCUT2D eigenvalue weighted by Gasteiger charge is 2.13. The van der Waals surface area contributed by atoms with Gasteiger partial charge in [-0.05, 0) is 40.8 Å². The zero-order chi connectivity index (χ0) is 17.0. The van der Waals surface area contributed by atoms with Crippen molar-refractivity contribution in [2.45, 2.75) is 26.9 Å². The summed E-state index contributed by atoms with van der Waals surface area (Å²) in [5, 5.41) is 0.0748. The van der Waals surface area contributed by atoms with Gasteiger partial charge in [-0.1, -0.05) is 43.6 Å². The SMILES string of the molecule is COCc1cc(C(=O)CC(C)C)ccc1-c1ccc(F)c(Cl)c1. The zero-order valence-electron chi connectivity index (χ0n) is 13.5. The third-order valence-electron chi connectivity index (χ3n) is 3.55. The minimum atomic E-state index is -0.451. The summed E-state index contributed by atoms with van der Waals surface area (Å²) < 4.78 is 18.6. The number of hydrogen-bond donors (Lipinski definition) is 0. The lowest BCUT2D eigenvalue weighted by Crippen LogP contribution is -2.05. The maximum absolute atomic E-state index is 13.4. The first-order valence-corrected chi connectivity index (χ1v) is 7.90. The average molecular weight is 335 g/mol. The van der Waals surface area contributed by atoms with Crippen LogP contribution >= 0.6 is 11.6 Å². The minimum Gasteiger partial charge on any atom is -0.380 e. The summed E-state index contributed by atoms with van der Waals surface area (Å²) in [6.07, 6.45) is 0.508. The second kappa shape index (κ2) is 7.71. The number of ketones is 1. The maximum atomic E-state index is 13.4. The molecule has 0 atom stereocenters. The molecular weight excluding hydrogens is 315 g/mol. The van der Waals surface area contributed by atoms with Gasteiger partial charge in [-0.3, -0.25) is 4.79 Å².